The van der Waals surface area contributed by atoms with Gasteiger partial charge in [0.1, 0.15) is 28.0 Å². The third-order valence-electron chi connectivity index (χ3n) is 4.35. The SMILES string of the molecule is CCOC(=O)c1sc(NC(=O)c2ccc(Cn3cc([N+](=O)[O-])cn3)o2)c(C(=O)OCC)c1C. The smallest absolute Gasteiger partial charge is 0.348 e. The summed E-state index contributed by atoms with van der Waals surface area (Å²) < 4.78 is 16.9. The van der Waals surface area contributed by atoms with Crippen molar-refractivity contribution >= 4 is 39.9 Å². The summed E-state index contributed by atoms with van der Waals surface area (Å²) in [4.78, 5) is 47.8. The third kappa shape index (κ3) is 5.26. The second-order valence-electron chi connectivity index (χ2n) is 6.57. The number of furan rings is 1. The fourth-order valence-electron chi connectivity index (χ4n) is 2.88. The van der Waals surface area contributed by atoms with E-state index in [0.29, 0.717) is 11.3 Å². The van der Waals surface area contributed by atoms with Crippen LogP contribution in [-0.4, -0.2) is 45.8 Å². The van der Waals surface area contributed by atoms with E-state index in [1.807, 2.05) is 0 Å². The minimum atomic E-state index is -0.683. The lowest BCUT2D eigenvalue weighted by molar-refractivity contribution is -0.385. The predicted octanol–water partition coefficient (Wildman–Crippen LogP) is 3.41. The van der Waals surface area contributed by atoms with Gasteiger partial charge in [-0.2, -0.15) is 5.10 Å². The zero-order valence-electron chi connectivity index (χ0n) is 17.9. The lowest BCUT2D eigenvalue weighted by atomic mass is 10.1. The first-order valence-electron chi connectivity index (χ1n) is 9.79. The molecule has 0 spiro atoms. The number of carbonyl (C=O) groups excluding carboxylic acids is 3. The molecule has 0 saturated heterocycles. The molecule has 0 fully saturated rings. The molecule has 3 aromatic rings. The van der Waals surface area contributed by atoms with Gasteiger partial charge in [0.25, 0.3) is 5.91 Å². The van der Waals surface area contributed by atoms with Crippen molar-refractivity contribution in [3.8, 4) is 0 Å². The van der Waals surface area contributed by atoms with Gasteiger partial charge >= 0.3 is 17.6 Å². The molecular formula is C20H20N4O8S. The van der Waals surface area contributed by atoms with Crippen LogP contribution >= 0.6 is 11.3 Å². The number of anilines is 1. The van der Waals surface area contributed by atoms with E-state index in [0.717, 1.165) is 17.5 Å². The summed E-state index contributed by atoms with van der Waals surface area (Å²) >= 11 is 0.899. The van der Waals surface area contributed by atoms with Crippen molar-refractivity contribution in [2.24, 2.45) is 0 Å². The highest BCUT2D eigenvalue weighted by atomic mass is 32.1. The Bertz CT molecular complexity index is 1210. The first-order valence-corrected chi connectivity index (χ1v) is 10.6. The van der Waals surface area contributed by atoms with E-state index in [1.165, 1.54) is 23.0 Å². The van der Waals surface area contributed by atoms with Gasteiger partial charge in [-0.1, -0.05) is 0 Å². The number of carbonyl (C=O) groups is 3. The Morgan fingerprint density at radius 2 is 1.91 bits per heavy atom. The average molecular weight is 476 g/mol. The molecule has 0 bridgehead atoms. The Morgan fingerprint density at radius 1 is 1.21 bits per heavy atom. The first kappa shape index (κ1) is 23.7. The summed E-state index contributed by atoms with van der Waals surface area (Å²) in [7, 11) is 0. The summed E-state index contributed by atoms with van der Waals surface area (Å²) in [6.07, 6.45) is 2.34. The molecule has 174 valence electrons. The van der Waals surface area contributed by atoms with E-state index in [1.54, 1.807) is 20.8 Å². The molecule has 0 saturated carbocycles. The maximum atomic E-state index is 12.7. The van der Waals surface area contributed by atoms with Crippen LogP contribution in [0.2, 0.25) is 0 Å². The Kier molecular flexibility index (Phi) is 7.23. The van der Waals surface area contributed by atoms with Gasteiger partial charge in [-0.15, -0.1) is 11.3 Å². The average Bonchev–Trinajstić information content (AvgIpc) is 3.48. The van der Waals surface area contributed by atoms with Gasteiger partial charge in [0.15, 0.2) is 5.76 Å². The zero-order valence-corrected chi connectivity index (χ0v) is 18.8. The van der Waals surface area contributed by atoms with Crippen LogP contribution in [0.4, 0.5) is 10.7 Å². The molecule has 1 N–H and O–H groups in total. The van der Waals surface area contributed by atoms with Crippen molar-refractivity contribution in [1.29, 1.82) is 0 Å². The number of nitrogens with one attached hydrogen (secondary N) is 1. The molecule has 0 atom stereocenters. The van der Waals surface area contributed by atoms with Gasteiger partial charge in [-0.25, -0.2) is 9.59 Å². The highest BCUT2D eigenvalue weighted by Crippen LogP contribution is 2.34. The summed E-state index contributed by atoms with van der Waals surface area (Å²) in [5.74, 6) is -1.68. The molecule has 0 aliphatic heterocycles. The zero-order chi connectivity index (χ0) is 24.1. The lowest BCUT2D eigenvalue weighted by Gasteiger charge is -2.06. The highest BCUT2D eigenvalue weighted by Gasteiger charge is 2.28. The van der Waals surface area contributed by atoms with Gasteiger partial charge in [0.2, 0.25) is 0 Å². The minimum absolute atomic E-state index is 0.0638. The standard InChI is InChI=1S/C20H20N4O8S/c1-4-30-19(26)15-11(3)16(20(27)31-5-2)33-18(15)22-17(25)14-7-6-13(32-14)10-23-9-12(8-21-23)24(28)29/h6-9H,4-5,10H2,1-3H3,(H,22,25). The fraction of sp³-hybridized carbons (Fsp3) is 0.300. The molecular weight excluding hydrogens is 456 g/mol. The molecule has 3 rings (SSSR count). The van der Waals surface area contributed by atoms with Crippen LogP contribution in [-0.2, 0) is 16.0 Å². The third-order valence-corrected chi connectivity index (χ3v) is 5.54. The molecule has 33 heavy (non-hydrogen) atoms. The minimum Gasteiger partial charge on any atom is -0.462 e. The Hall–Kier alpha value is -4.00. The van der Waals surface area contributed by atoms with Crippen LogP contribution in [0, 0.1) is 17.0 Å². The molecule has 0 aliphatic rings. The number of thiophene rings is 1. The summed E-state index contributed by atoms with van der Waals surface area (Å²) in [5, 5.41) is 17.3. The van der Waals surface area contributed by atoms with Crippen LogP contribution in [0.3, 0.4) is 0 Å². The van der Waals surface area contributed by atoms with Crippen molar-refractivity contribution in [2.45, 2.75) is 27.3 Å². The molecule has 3 aromatic heterocycles. The summed E-state index contributed by atoms with van der Waals surface area (Å²) in [5.41, 5.74) is 0.234. The fourth-order valence-corrected chi connectivity index (χ4v) is 3.97. The van der Waals surface area contributed by atoms with Crippen LogP contribution in [0.1, 0.15) is 55.8 Å². The second kappa shape index (κ2) is 10.1. The van der Waals surface area contributed by atoms with E-state index in [9.17, 15) is 24.5 Å². The number of hydrogen-bond donors (Lipinski definition) is 1. The van der Waals surface area contributed by atoms with Crippen molar-refractivity contribution < 1.29 is 33.2 Å². The van der Waals surface area contributed by atoms with Crippen LogP contribution in [0.25, 0.3) is 0 Å². The largest absolute Gasteiger partial charge is 0.462 e. The topological polar surface area (TPSA) is 156 Å². The van der Waals surface area contributed by atoms with Crippen molar-refractivity contribution in [1.82, 2.24) is 9.78 Å². The Morgan fingerprint density at radius 3 is 2.55 bits per heavy atom. The number of rotatable bonds is 9. The van der Waals surface area contributed by atoms with E-state index in [4.69, 9.17) is 13.9 Å². The van der Waals surface area contributed by atoms with Crippen LogP contribution in [0.15, 0.2) is 28.9 Å². The highest BCUT2D eigenvalue weighted by molar-refractivity contribution is 7.18. The van der Waals surface area contributed by atoms with Crippen molar-refractivity contribution in [3.05, 3.63) is 62.2 Å². The second-order valence-corrected chi connectivity index (χ2v) is 7.60. The summed E-state index contributed by atoms with van der Waals surface area (Å²) in [6.45, 7) is 5.21. The number of hydrogen-bond acceptors (Lipinski definition) is 10. The van der Waals surface area contributed by atoms with E-state index in [-0.39, 0.29) is 46.6 Å². The number of amides is 1. The number of esters is 2. The molecule has 0 aliphatic carbocycles. The first-order chi connectivity index (χ1) is 15.7. The monoisotopic (exact) mass is 476 g/mol. The molecule has 12 nitrogen and oxygen atoms in total. The van der Waals surface area contributed by atoms with E-state index >= 15 is 0 Å². The number of aromatic nitrogens is 2. The number of nitrogens with zero attached hydrogens (tertiary/aromatic N) is 3. The van der Waals surface area contributed by atoms with E-state index < -0.39 is 22.8 Å². The van der Waals surface area contributed by atoms with Crippen molar-refractivity contribution in [2.75, 3.05) is 18.5 Å². The van der Waals surface area contributed by atoms with Gasteiger partial charge in [-0.3, -0.25) is 19.6 Å². The normalized spacial score (nSPS) is 10.6. The molecule has 1 amide bonds. The molecule has 13 heteroatoms. The molecule has 3 heterocycles. The maximum absolute atomic E-state index is 12.7. The Labute approximate surface area is 191 Å². The van der Waals surface area contributed by atoms with Crippen molar-refractivity contribution in [3.63, 3.8) is 0 Å². The van der Waals surface area contributed by atoms with Gasteiger partial charge < -0.3 is 19.2 Å². The molecule has 0 unspecified atom stereocenters. The lowest BCUT2D eigenvalue weighted by Crippen LogP contribution is -2.14. The molecule has 0 aromatic carbocycles. The predicted molar refractivity (Wildman–Crippen MR) is 116 cm³/mol. The van der Waals surface area contributed by atoms with Gasteiger partial charge in [0, 0.05) is 0 Å². The van der Waals surface area contributed by atoms with Crippen LogP contribution in [0.5, 0.6) is 0 Å². The number of ether oxygens (including phenoxy) is 2. The van der Waals surface area contributed by atoms with Gasteiger partial charge in [0.05, 0.1) is 30.2 Å². The van der Waals surface area contributed by atoms with E-state index in [2.05, 4.69) is 10.4 Å². The molecule has 0 radical (unpaired) electrons. The number of nitro groups is 1. The Balaban J connectivity index is 1.81. The summed E-state index contributed by atoms with van der Waals surface area (Å²) in [6, 6.07) is 2.94. The quantitative estimate of drug-likeness (QED) is 0.278. The van der Waals surface area contributed by atoms with Crippen LogP contribution < -0.4 is 5.32 Å². The maximum Gasteiger partial charge on any atom is 0.348 e. The van der Waals surface area contributed by atoms with Gasteiger partial charge in [-0.05, 0) is 38.5 Å².